The average molecular weight is 479 g/mol. The minimum Gasteiger partial charge on any atom is -0.497 e. The predicted molar refractivity (Wildman–Crippen MR) is 122 cm³/mol. The first-order valence-corrected chi connectivity index (χ1v) is 11.3. The lowest BCUT2D eigenvalue weighted by Crippen LogP contribution is -2.15. The van der Waals surface area contributed by atoms with Crippen LogP contribution in [0.3, 0.4) is 0 Å². The SMILES string of the molecule is COc1ccc(CCCc2nnc(SCC(=O)Nc3cccc(C(F)(F)F)c3)n2C)c(C)c1. The molecule has 1 aromatic heterocycles. The molecule has 0 saturated carbocycles. The van der Waals surface area contributed by atoms with Gasteiger partial charge in [-0.2, -0.15) is 13.2 Å². The Morgan fingerprint density at radius 2 is 1.94 bits per heavy atom. The van der Waals surface area contributed by atoms with Crippen molar-refractivity contribution in [2.24, 2.45) is 7.05 Å². The van der Waals surface area contributed by atoms with Crippen LogP contribution in [0.25, 0.3) is 0 Å². The molecule has 1 N–H and O–H groups in total. The van der Waals surface area contributed by atoms with Gasteiger partial charge in [-0.15, -0.1) is 10.2 Å². The molecular weight excluding hydrogens is 453 g/mol. The van der Waals surface area contributed by atoms with Crippen LogP contribution >= 0.6 is 11.8 Å². The number of carbonyl (C=O) groups is 1. The number of ether oxygens (including phenoxy) is 1. The lowest BCUT2D eigenvalue weighted by molar-refractivity contribution is -0.137. The molecule has 0 fully saturated rings. The topological polar surface area (TPSA) is 69.0 Å². The summed E-state index contributed by atoms with van der Waals surface area (Å²) in [5.74, 6) is 1.23. The first-order chi connectivity index (χ1) is 15.7. The van der Waals surface area contributed by atoms with Gasteiger partial charge in [0.25, 0.3) is 0 Å². The van der Waals surface area contributed by atoms with Gasteiger partial charge in [-0.25, -0.2) is 0 Å². The molecule has 0 aliphatic rings. The van der Waals surface area contributed by atoms with Gasteiger partial charge in [0.2, 0.25) is 5.91 Å². The van der Waals surface area contributed by atoms with Crippen LogP contribution in [-0.4, -0.2) is 33.5 Å². The third kappa shape index (κ3) is 6.74. The van der Waals surface area contributed by atoms with Gasteiger partial charge in [-0.1, -0.05) is 23.9 Å². The van der Waals surface area contributed by atoms with Gasteiger partial charge >= 0.3 is 6.18 Å². The van der Waals surface area contributed by atoms with Crippen molar-refractivity contribution in [3.05, 3.63) is 65.0 Å². The highest BCUT2D eigenvalue weighted by molar-refractivity contribution is 7.99. The van der Waals surface area contributed by atoms with Gasteiger partial charge in [0, 0.05) is 19.2 Å². The summed E-state index contributed by atoms with van der Waals surface area (Å²) in [5, 5.41) is 11.4. The Morgan fingerprint density at radius 3 is 2.64 bits per heavy atom. The molecule has 3 aromatic rings. The first kappa shape index (κ1) is 24.6. The fourth-order valence-electron chi connectivity index (χ4n) is 3.30. The summed E-state index contributed by atoms with van der Waals surface area (Å²) in [6.07, 6.45) is -1.95. The van der Waals surface area contributed by atoms with Crippen LogP contribution in [0.5, 0.6) is 5.75 Å². The second-order valence-electron chi connectivity index (χ2n) is 7.52. The molecule has 0 unspecified atom stereocenters. The maximum absolute atomic E-state index is 12.8. The number of amides is 1. The van der Waals surface area contributed by atoms with Crippen molar-refractivity contribution >= 4 is 23.4 Å². The highest BCUT2D eigenvalue weighted by Crippen LogP contribution is 2.30. The Bertz CT molecular complexity index is 1120. The van der Waals surface area contributed by atoms with Crippen molar-refractivity contribution in [3.8, 4) is 5.75 Å². The number of carbonyl (C=O) groups excluding carboxylic acids is 1. The van der Waals surface area contributed by atoms with Crippen LogP contribution < -0.4 is 10.1 Å². The van der Waals surface area contributed by atoms with E-state index >= 15 is 0 Å². The molecule has 2 aromatic carbocycles. The van der Waals surface area contributed by atoms with Crippen LogP contribution in [0.15, 0.2) is 47.6 Å². The zero-order valence-corrected chi connectivity index (χ0v) is 19.4. The number of aryl methyl sites for hydroxylation is 3. The van der Waals surface area contributed by atoms with Gasteiger partial charge in [0.15, 0.2) is 5.16 Å². The molecule has 0 aliphatic heterocycles. The molecule has 6 nitrogen and oxygen atoms in total. The zero-order chi connectivity index (χ0) is 24.0. The van der Waals surface area contributed by atoms with Gasteiger partial charge < -0.3 is 14.6 Å². The second-order valence-corrected chi connectivity index (χ2v) is 8.46. The quantitative estimate of drug-likeness (QED) is 0.436. The van der Waals surface area contributed by atoms with Crippen LogP contribution in [-0.2, 0) is 30.9 Å². The van der Waals surface area contributed by atoms with Gasteiger partial charge in [-0.3, -0.25) is 4.79 Å². The lowest BCUT2D eigenvalue weighted by Gasteiger charge is -2.10. The second kappa shape index (κ2) is 10.7. The van der Waals surface area contributed by atoms with E-state index in [9.17, 15) is 18.0 Å². The Hall–Kier alpha value is -3.01. The predicted octanol–water partition coefficient (Wildman–Crippen LogP) is 5.06. The highest BCUT2D eigenvalue weighted by atomic mass is 32.2. The number of nitrogens with zero attached hydrogens (tertiary/aromatic N) is 3. The molecule has 1 heterocycles. The van der Waals surface area contributed by atoms with E-state index in [1.807, 2.05) is 23.7 Å². The zero-order valence-electron chi connectivity index (χ0n) is 18.6. The van der Waals surface area contributed by atoms with E-state index in [1.165, 1.54) is 35.0 Å². The van der Waals surface area contributed by atoms with Crippen LogP contribution in [0.2, 0.25) is 0 Å². The number of nitrogens with one attached hydrogen (secondary N) is 1. The number of rotatable bonds is 9. The Labute approximate surface area is 194 Å². The van der Waals surface area contributed by atoms with E-state index in [0.29, 0.717) is 5.16 Å². The van der Waals surface area contributed by atoms with E-state index in [1.54, 1.807) is 7.11 Å². The molecule has 1 amide bonds. The van der Waals surface area contributed by atoms with Crippen LogP contribution in [0.1, 0.15) is 28.9 Å². The minimum atomic E-state index is -4.46. The van der Waals surface area contributed by atoms with Crippen molar-refractivity contribution < 1.29 is 22.7 Å². The molecular formula is C23H25F3N4O2S. The number of methoxy groups -OCH3 is 1. The molecule has 0 bridgehead atoms. The number of hydrogen-bond donors (Lipinski definition) is 1. The molecule has 0 spiro atoms. The Kier molecular flexibility index (Phi) is 8.01. The lowest BCUT2D eigenvalue weighted by atomic mass is 10.0. The largest absolute Gasteiger partial charge is 0.497 e. The standard InChI is InChI=1S/C23H25F3N4O2S/c1-15-12-19(32-3)11-10-16(15)6-4-9-20-28-29-22(30(20)2)33-14-21(31)27-18-8-5-7-17(13-18)23(24,25)26/h5,7-8,10-13H,4,6,9,14H2,1-3H3,(H,27,31). The maximum atomic E-state index is 12.8. The van der Waals surface area contributed by atoms with Crippen LogP contribution in [0.4, 0.5) is 18.9 Å². The molecule has 0 aliphatic carbocycles. The summed E-state index contributed by atoms with van der Waals surface area (Å²) in [6.45, 7) is 2.05. The van der Waals surface area contributed by atoms with E-state index < -0.39 is 17.6 Å². The summed E-state index contributed by atoms with van der Waals surface area (Å²) in [5.41, 5.74) is 1.72. The maximum Gasteiger partial charge on any atom is 0.416 e. The van der Waals surface area contributed by atoms with E-state index in [-0.39, 0.29) is 11.4 Å². The number of hydrogen-bond acceptors (Lipinski definition) is 5. The van der Waals surface area contributed by atoms with Crippen molar-refractivity contribution in [1.29, 1.82) is 0 Å². The Morgan fingerprint density at radius 1 is 1.15 bits per heavy atom. The van der Waals surface area contributed by atoms with Gasteiger partial charge in [-0.05, 0) is 61.2 Å². The minimum absolute atomic E-state index is 0.00720. The first-order valence-electron chi connectivity index (χ1n) is 10.3. The molecule has 33 heavy (non-hydrogen) atoms. The fraction of sp³-hybridized carbons (Fsp3) is 0.348. The van der Waals surface area contributed by atoms with Crippen molar-refractivity contribution in [1.82, 2.24) is 14.8 Å². The molecule has 176 valence electrons. The van der Waals surface area contributed by atoms with Crippen molar-refractivity contribution in [3.63, 3.8) is 0 Å². The number of thioether (sulfide) groups is 1. The summed E-state index contributed by atoms with van der Waals surface area (Å²) < 4.78 is 45.5. The summed E-state index contributed by atoms with van der Waals surface area (Å²) in [4.78, 5) is 12.2. The molecule has 0 atom stereocenters. The molecule has 3 rings (SSSR count). The normalized spacial score (nSPS) is 11.5. The summed E-state index contributed by atoms with van der Waals surface area (Å²) in [6, 6.07) is 10.6. The summed E-state index contributed by atoms with van der Waals surface area (Å²) in [7, 11) is 3.48. The smallest absolute Gasteiger partial charge is 0.416 e. The van der Waals surface area contributed by atoms with E-state index in [0.717, 1.165) is 43.0 Å². The third-order valence-electron chi connectivity index (χ3n) is 5.13. The van der Waals surface area contributed by atoms with E-state index in [2.05, 4.69) is 28.5 Å². The number of halogens is 3. The van der Waals surface area contributed by atoms with Gasteiger partial charge in [0.1, 0.15) is 11.6 Å². The van der Waals surface area contributed by atoms with E-state index in [4.69, 9.17) is 4.74 Å². The number of aromatic nitrogens is 3. The summed E-state index contributed by atoms with van der Waals surface area (Å²) >= 11 is 1.18. The van der Waals surface area contributed by atoms with Gasteiger partial charge in [0.05, 0.1) is 18.4 Å². The van der Waals surface area contributed by atoms with Crippen molar-refractivity contribution in [2.75, 3.05) is 18.2 Å². The molecule has 0 saturated heterocycles. The molecule has 10 heteroatoms. The average Bonchev–Trinajstić information content (AvgIpc) is 3.12. The fourth-order valence-corrected chi connectivity index (χ4v) is 4.03. The monoisotopic (exact) mass is 478 g/mol. The number of alkyl halides is 3. The molecule has 0 radical (unpaired) electrons. The number of benzene rings is 2. The number of anilines is 1. The third-order valence-corrected chi connectivity index (χ3v) is 6.15. The highest BCUT2D eigenvalue weighted by Gasteiger charge is 2.30. The van der Waals surface area contributed by atoms with Crippen molar-refractivity contribution in [2.45, 2.75) is 37.5 Å². The Balaban J connectivity index is 1.50. The van der Waals surface area contributed by atoms with Crippen LogP contribution in [0, 0.1) is 6.92 Å².